The molecule has 1 aromatic rings. The average molecular weight is 339 g/mol. The summed E-state index contributed by atoms with van der Waals surface area (Å²) in [5.74, 6) is 0.789. The average Bonchev–Trinajstić information content (AvgIpc) is 2.53. The molecular weight excluding hydrogens is 312 g/mol. The first kappa shape index (κ1) is 19.3. The number of nitrogens with one attached hydrogen (secondary N) is 2. The molecule has 0 radical (unpaired) electrons. The van der Waals surface area contributed by atoms with Crippen LogP contribution in [0, 0.1) is 0 Å². The van der Waals surface area contributed by atoms with Gasteiger partial charge in [0.1, 0.15) is 0 Å². The maximum Gasteiger partial charge on any atom is 0.221 e. The number of halogens is 1. The number of carbonyl (C=O) groups excluding carboxylic acids is 1. The van der Waals surface area contributed by atoms with E-state index >= 15 is 0 Å². The minimum Gasteiger partial charge on any atom is -0.356 e. The lowest BCUT2D eigenvalue weighted by Gasteiger charge is -2.22. The van der Waals surface area contributed by atoms with Crippen molar-refractivity contribution in [3.63, 3.8) is 0 Å². The van der Waals surface area contributed by atoms with Crippen LogP contribution in [0.1, 0.15) is 32.3 Å². The van der Waals surface area contributed by atoms with Gasteiger partial charge in [-0.25, -0.2) is 0 Å². The second kappa shape index (κ2) is 10.1. The summed E-state index contributed by atoms with van der Waals surface area (Å²) in [6.45, 7) is 5.25. The van der Waals surface area contributed by atoms with Crippen LogP contribution in [0.2, 0.25) is 5.02 Å². The Balaban J connectivity index is 2.45. The number of guanidine groups is 1. The Morgan fingerprint density at radius 1 is 1.39 bits per heavy atom. The van der Waals surface area contributed by atoms with E-state index in [1.165, 1.54) is 0 Å². The summed E-state index contributed by atoms with van der Waals surface area (Å²) in [7, 11) is 3.67. The third kappa shape index (κ3) is 6.91. The maximum atomic E-state index is 11.8. The summed E-state index contributed by atoms with van der Waals surface area (Å²) in [5.41, 5.74) is 1.04. The number of benzene rings is 1. The predicted molar refractivity (Wildman–Crippen MR) is 96.8 cm³/mol. The highest BCUT2D eigenvalue weighted by Crippen LogP contribution is 2.16. The van der Waals surface area contributed by atoms with Gasteiger partial charge < -0.3 is 15.5 Å². The van der Waals surface area contributed by atoms with Gasteiger partial charge in [-0.2, -0.15) is 0 Å². The Hall–Kier alpha value is -1.75. The van der Waals surface area contributed by atoms with Gasteiger partial charge in [0.25, 0.3) is 0 Å². The normalized spacial score (nSPS) is 12.7. The number of carbonyl (C=O) groups is 1. The first-order chi connectivity index (χ1) is 11.0. The van der Waals surface area contributed by atoms with Crippen LogP contribution in [0.5, 0.6) is 0 Å². The van der Waals surface area contributed by atoms with Gasteiger partial charge in [0.2, 0.25) is 5.91 Å². The van der Waals surface area contributed by atoms with Crippen LogP contribution in [-0.4, -0.2) is 43.4 Å². The van der Waals surface area contributed by atoms with Crippen molar-refractivity contribution in [1.82, 2.24) is 15.5 Å². The molecular formula is C17H27ClN4O. The minimum absolute atomic E-state index is 0.0519. The first-order valence-electron chi connectivity index (χ1n) is 7.92. The summed E-state index contributed by atoms with van der Waals surface area (Å²) >= 11 is 6.18. The van der Waals surface area contributed by atoms with E-state index in [2.05, 4.69) is 22.5 Å². The van der Waals surface area contributed by atoms with Crippen LogP contribution < -0.4 is 10.6 Å². The number of nitrogens with zero attached hydrogens (tertiary/aromatic N) is 2. The van der Waals surface area contributed by atoms with Crippen molar-refractivity contribution in [2.45, 2.75) is 39.3 Å². The predicted octanol–water partition coefficient (Wildman–Crippen LogP) is 2.65. The monoisotopic (exact) mass is 338 g/mol. The fourth-order valence-corrected chi connectivity index (χ4v) is 2.27. The van der Waals surface area contributed by atoms with E-state index in [1.54, 1.807) is 7.05 Å². The van der Waals surface area contributed by atoms with E-state index in [4.69, 9.17) is 11.6 Å². The Morgan fingerprint density at radius 2 is 2.09 bits per heavy atom. The van der Waals surface area contributed by atoms with E-state index < -0.39 is 0 Å². The van der Waals surface area contributed by atoms with Gasteiger partial charge in [0, 0.05) is 44.7 Å². The molecule has 0 saturated carbocycles. The molecule has 0 spiro atoms. The lowest BCUT2D eigenvalue weighted by molar-refractivity contribution is -0.121. The molecule has 0 fully saturated rings. The van der Waals surface area contributed by atoms with E-state index in [1.807, 2.05) is 43.1 Å². The molecule has 0 aromatic heterocycles. The van der Waals surface area contributed by atoms with Crippen LogP contribution >= 0.6 is 11.6 Å². The zero-order chi connectivity index (χ0) is 17.2. The molecule has 128 valence electrons. The standard InChI is InChI=1S/C17H27ClN4O/c1-5-13(2)21-16(23)10-11-20-17(19-3)22(4)12-14-8-6-7-9-15(14)18/h6-9,13H,5,10-12H2,1-4H3,(H,19,20)(H,21,23). The highest BCUT2D eigenvalue weighted by Gasteiger charge is 2.10. The maximum absolute atomic E-state index is 11.8. The molecule has 23 heavy (non-hydrogen) atoms. The van der Waals surface area contributed by atoms with Crippen LogP contribution in [-0.2, 0) is 11.3 Å². The second-order valence-corrected chi connectivity index (χ2v) is 5.96. The van der Waals surface area contributed by atoms with Crippen molar-refractivity contribution in [3.05, 3.63) is 34.9 Å². The van der Waals surface area contributed by atoms with Crippen molar-refractivity contribution in [3.8, 4) is 0 Å². The fraction of sp³-hybridized carbons (Fsp3) is 0.529. The van der Waals surface area contributed by atoms with Gasteiger partial charge in [0.15, 0.2) is 5.96 Å². The molecule has 5 nitrogen and oxygen atoms in total. The van der Waals surface area contributed by atoms with Gasteiger partial charge in [-0.15, -0.1) is 0 Å². The summed E-state index contributed by atoms with van der Waals surface area (Å²) in [5, 5.41) is 6.89. The quantitative estimate of drug-likeness (QED) is 0.593. The van der Waals surface area contributed by atoms with Crippen molar-refractivity contribution in [1.29, 1.82) is 0 Å². The number of hydrogen-bond donors (Lipinski definition) is 2. The van der Waals surface area contributed by atoms with Crippen LogP contribution in [0.25, 0.3) is 0 Å². The lowest BCUT2D eigenvalue weighted by Crippen LogP contribution is -2.41. The Morgan fingerprint density at radius 3 is 2.70 bits per heavy atom. The minimum atomic E-state index is 0.0519. The Labute approximate surface area is 144 Å². The molecule has 2 N–H and O–H groups in total. The molecule has 0 saturated heterocycles. The van der Waals surface area contributed by atoms with Crippen molar-refractivity contribution < 1.29 is 4.79 Å². The SMILES string of the molecule is CCC(C)NC(=O)CCNC(=NC)N(C)Cc1ccccc1Cl. The molecule has 1 atom stereocenters. The molecule has 1 unspecified atom stereocenters. The van der Waals surface area contributed by atoms with Crippen LogP contribution in [0.15, 0.2) is 29.3 Å². The topological polar surface area (TPSA) is 56.7 Å². The van der Waals surface area contributed by atoms with E-state index in [0.717, 1.165) is 23.0 Å². The van der Waals surface area contributed by atoms with E-state index in [9.17, 15) is 4.79 Å². The number of rotatable bonds is 7. The number of hydrogen-bond acceptors (Lipinski definition) is 2. The second-order valence-electron chi connectivity index (χ2n) is 5.55. The molecule has 1 rings (SSSR count). The highest BCUT2D eigenvalue weighted by atomic mass is 35.5. The third-order valence-electron chi connectivity index (χ3n) is 3.59. The van der Waals surface area contributed by atoms with Crippen LogP contribution in [0.4, 0.5) is 0 Å². The Bertz CT molecular complexity index is 533. The summed E-state index contributed by atoms with van der Waals surface area (Å²) in [6, 6.07) is 7.95. The largest absolute Gasteiger partial charge is 0.356 e. The highest BCUT2D eigenvalue weighted by molar-refractivity contribution is 6.31. The molecule has 0 aliphatic rings. The van der Waals surface area contributed by atoms with Crippen molar-refractivity contribution >= 4 is 23.5 Å². The molecule has 1 amide bonds. The summed E-state index contributed by atoms with van der Waals surface area (Å²) < 4.78 is 0. The van der Waals surface area contributed by atoms with E-state index in [0.29, 0.717) is 19.5 Å². The lowest BCUT2D eigenvalue weighted by atomic mass is 10.2. The first-order valence-corrected chi connectivity index (χ1v) is 8.30. The third-order valence-corrected chi connectivity index (χ3v) is 3.96. The molecule has 1 aromatic carbocycles. The van der Waals surface area contributed by atoms with Crippen molar-refractivity contribution in [2.75, 3.05) is 20.6 Å². The van der Waals surface area contributed by atoms with Gasteiger partial charge in [0.05, 0.1) is 0 Å². The Kier molecular flexibility index (Phi) is 8.48. The number of aliphatic imine (C=N–C) groups is 1. The van der Waals surface area contributed by atoms with Crippen LogP contribution in [0.3, 0.4) is 0 Å². The summed E-state index contributed by atoms with van der Waals surface area (Å²) in [6.07, 6.45) is 1.35. The summed E-state index contributed by atoms with van der Waals surface area (Å²) in [4.78, 5) is 18.0. The van der Waals surface area contributed by atoms with E-state index in [-0.39, 0.29) is 11.9 Å². The molecule has 0 bridgehead atoms. The van der Waals surface area contributed by atoms with Gasteiger partial charge in [-0.3, -0.25) is 9.79 Å². The molecule has 6 heteroatoms. The van der Waals surface area contributed by atoms with Crippen molar-refractivity contribution in [2.24, 2.45) is 4.99 Å². The van der Waals surface area contributed by atoms with Gasteiger partial charge in [-0.1, -0.05) is 36.7 Å². The molecule has 0 aliphatic heterocycles. The van der Waals surface area contributed by atoms with Gasteiger partial charge >= 0.3 is 0 Å². The molecule has 0 heterocycles. The zero-order valence-corrected chi connectivity index (χ0v) is 15.2. The molecule has 0 aliphatic carbocycles. The zero-order valence-electron chi connectivity index (χ0n) is 14.4. The smallest absolute Gasteiger partial charge is 0.221 e. The van der Waals surface area contributed by atoms with Gasteiger partial charge in [-0.05, 0) is 25.0 Å². The number of amides is 1. The fourth-order valence-electron chi connectivity index (χ4n) is 2.08.